The van der Waals surface area contributed by atoms with E-state index in [1.165, 1.54) is 10.6 Å². The topological polar surface area (TPSA) is 52.0 Å². The fraction of sp³-hybridized carbons (Fsp3) is 0.417. The van der Waals surface area contributed by atoms with Crippen molar-refractivity contribution in [1.29, 1.82) is 0 Å². The van der Waals surface area contributed by atoms with Gasteiger partial charge in [0, 0.05) is 25.1 Å². The SMILES string of the molecule is CS(=O)(=O)CCn1c(CCCl)nc2ccc(F)c(F)c21. The molecule has 0 unspecified atom stereocenters. The standard InChI is InChI=1S/C12H13ClF2N2O2S/c1-20(18,19)7-6-17-10(4-5-13)16-9-3-2-8(14)11(15)12(9)17/h2-3H,4-7H2,1H3. The van der Waals surface area contributed by atoms with Crippen molar-refractivity contribution < 1.29 is 17.2 Å². The Morgan fingerprint density at radius 1 is 1.35 bits per heavy atom. The summed E-state index contributed by atoms with van der Waals surface area (Å²) in [4.78, 5) is 4.18. The van der Waals surface area contributed by atoms with E-state index < -0.39 is 21.5 Å². The van der Waals surface area contributed by atoms with Gasteiger partial charge in [0.1, 0.15) is 21.2 Å². The Kier molecular flexibility index (Phi) is 4.29. The molecule has 0 fully saturated rings. The van der Waals surface area contributed by atoms with Gasteiger partial charge >= 0.3 is 0 Å². The predicted molar refractivity (Wildman–Crippen MR) is 73.8 cm³/mol. The van der Waals surface area contributed by atoms with Crippen LogP contribution in [0.15, 0.2) is 12.1 Å². The van der Waals surface area contributed by atoms with Crippen molar-refractivity contribution >= 4 is 32.5 Å². The number of benzene rings is 1. The van der Waals surface area contributed by atoms with E-state index >= 15 is 0 Å². The van der Waals surface area contributed by atoms with Gasteiger partial charge in [-0.2, -0.15) is 0 Å². The highest BCUT2D eigenvalue weighted by Gasteiger charge is 2.18. The number of hydrogen-bond donors (Lipinski definition) is 0. The van der Waals surface area contributed by atoms with E-state index in [1.54, 1.807) is 0 Å². The molecule has 0 atom stereocenters. The molecule has 0 spiro atoms. The van der Waals surface area contributed by atoms with E-state index in [0.717, 1.165) is 12.3 Å². The maximum absolute atomic E-state index is 13.9. The fourth-order valence-electron chi connectivity index (χ4n) is 1.98. The fourth-order valence-corrected chi connectivity index (χ4v) is 2.66. The Morgan fingerprint density at radius 2 is 2.05 bits per heavy atom. The van der Waals surface area contributed by atoms with Crippen molar-refractivity contribution in [3.8, 4) is 0 Å². The lowest BCUT2D eigenvalue weighted by Gasteiger charge is -2.08. The van der Waals surface area contributed by atoms with Gasteiger partial charge in [0.2, 0.25) is 0 Å². The number of nitrogens with zero attached hydrogens (tertiary/aromatic N) is 2. The summed E-state index contributed by atoms with van der Waals surface area (Å²) in [6.07, 6.45) is 1.44. The zero-order valence-corrected chi connectivity index (χ0v) is 12.3. The second kappa shape index (κ2) is 5.65. The van der Waals surface area contributed by atoms with E-state index in [9.17, 15) is 17.2 Å². The molecule has 20 heavy (non-hydrogen) atoms. The number of aromatic nitrogens is 2. The highest BCUT2D eigenvalue weighted by atomic mass is 35.5. The van der Waals surface area contributed by atoms with Crippen LogP contribution in [-0.4, -0.2) is 35.9 Å². The normalized spacial score (nSPS) is 12.2. The summed E-state index contributed by atoms with van der Waals surface area (Å²) < 4.78 is 51.1. The van der Waals surface area contributed by atoms with Crippen LogP contribution in [0.3, 0.4) is 0 Å². The number of sulfone groups is 1. The van der Waals surface area contributed by atoms with Gasteiger partial charge in [-0.1, -0.05) is 0 Å². The molecule has 0 aliphatic heterocycles. The molecule has 2 aromatic rings. The van der Waals surface area contributed by atoms with Crippen LogP contribution >= 0.6 is 11.6 Å². The minimum absolute atomic E-state index is 0.0158. The van der Waals surface area contributed by atoms with Crippen molar-refractivity contribution in [3.63, 3.8) is 0 Å². The van der Waals surface area contributed by atoms with Gasteiger partial charge in [-0.15, -0.1) is 11.6 Å². The van der Waals surface area contributed by atoms with Crippen molar-refractivity contribution in [2.75, 3.05) is 17.9 Å². The molecule has 8 heteroatoms. The largest absolute Gasteiger partial charge is 0.324 e. The number of rotatable bonds is 5. The molecular weight excluding hydrogens is 310 g/mol. The summed E-state index contributed by atoms with van der Waals surface area (Å²) in [5, 5.41) is 0. The monoisotopic (exact) mass is 322 g/mol. The minimum Gasteiger partial charge on any atom is -0.324 e. The van der Waals surface area contributed by atoms with Crippen LogP contribution in [0.5, 0.6) is 0 Å². The van der Waals surface area contributed by atoms with Gasteiger partial charge in [0.15, 0.2) is 11.6 Å². The molecule has 1 aromatic carbocycles. The minimum atomic E-state index is -3.22. The van der Waals surface area contributed by atoms with Gasteiger partial charge in [0.05, 0.1) is 11.3 Å². The molecule has 0 aliphatic carbocycles. The second-order valence-corrected chi connectivity index (χ2v) is 7.12. The molecule has 4 nitrogen and oxygen atoms in total. The molecule has 2 rings (SSSR count). The van der Waals surface area contributed by atoms with Gasteiger partial charge < -0.3 is 4.57 Å². The zero-order chi connectivity index (χ0) is 14.9. The Hall–Kier alpha value is -1.21. The van der Waals surface area contributed by atoms with Gasteiger partial charge in [0.25, 0.3) is 0 Å². The molecule has 0 radical (unpaired) electrons. The Labute approximate surface area is 120 Å². The van der Waals surface area contributed by atoms with Gasteiger partial charge in [-0.25, -0.2) is 22.2 Å². The quantitative estimate of drug-likeness (QED) is 0.793. The zero-order valence-electron chi connectivity index (χ0n) is 10.7. The van der Waals surface area contributed by atoms with E-state index in [-0.39, 0.29) is 29.2 Å². The van der Waals surface area contributed by atoms with E-state index in [0.29, 0.717) is 12.2 Å². The number of fused-ring (bicyclic) bond motifs is 1. The number of aryl methyl sites for hydroxylation is 2. The molecule has 0 saturated carbocycles. The molecule has 0 saturated heterocycles. The highest BCUT2D eigenvalue weighted by molar-refractivity contribution is 7.90. The third-order valence-electron chi connectivity index (χ3n) is 2.88. The average molecular weight is 323 g/mol. The number of halogens is 3. The smallest absolute Gasteiger partial charge is 0.184 e. The van der Waals surface area contributed by atoms with Crippen LogP contribution in [0, 0.1) is 11.6 Å². The van der Waals surface area contributed by atoms with Crippen molar-refractivity contribution in [3.05, 3.63) is 29.6 Å². The van der Waals surface area contributed by atoms with Crippen LogP contribution in [0.1, 0.15) is 5.82 Å². The van der Waals surface area contributed by atoms with Crippen LogP contribution in [0.25, 0.3) is 11.0 Å². The summed E-state index contributed by atoms with van der Waals surface area (Å²) >= 11 is 5.66. The predicted octanol–water partition coefficient (Wildman–Crippen LogP) is 2.14. The van der Waals surface area contributed by atoms with Crippen LogP contribution < -0.4 is 0 Å². The Balaban J connectivity index is 2.57. The molecule has 0 amide bonds. The molecule has 0 aliphatic rings. The van der Waals surface area contributed by atoms with Gasteiger partial charge in [-0.3, -0.25) is 0 Å². The van der Waals surface area contributed by atoms with Gasteiger partial charge in [-0.05, 0) is 12.1 Å². The number of imidazole rings is 1. The Bertz CT molecular complexity index is 743. The third-order valence-corrected chi connectivity index (χ3v) is 4.00. The van der Waals surface area contributed by atoms with Crippen LogP contribution in [-0.2, 0) is 22.8 Å². The summed E-state index contributed by atoms with van der Waals surface area (Å²) in [6.45, 7) is 0.0158. The summed E-state index contributed by atoms with van der Waals surface area (Å²) in [6, 6.07) is 2.36. The molecule has 1 heterocycles. The average Bonchev–Trinajstić information content (AvgIpc) is 2.70. The van der Waals surface area contributed by atoms with E-state index in [1.807, 2.05) is 0 Å². The first-order valence-corrected chi connectivity index (χ1v) is 8.50. The first-order chi connectivity index (χ1) is 9.33. The van der Waals surface area contributed by atoms with Crippen LogP contribution in [0.4, 0.5) is 8.78 Å². The lowest BCUT2D eigenvalue weighted by Crippen LogP contribution is -2.14. The third kappa shape index (κ3) is 3.09. The van der Waals surface area contributed by atoms with E-state index in [2.05, 4.69) is 4.98 Å². The van der Waals surface area contributed by atoms with Crippen molar-refractivity contribution in [1.82, 2.24) is 9.55 Å². The molecule has 1 aromatic heterocycles. The van der Waals surface area contributed by atoms with E-state index in [4.69, 9.17) is 11.6 Å². The maximum atomic E-state index is 13.9. The molecule has 110 valence electrons. The molecule has 0 bridgehead atoms. The summed E-state index contributed by atoms with van der Waals surface area (Å²) in [7, 11) is -3.22. The summed E-state index contributed by atoms with van der Waals surface area (Å²) in [5.41, 5.74) is 0.270. The maximum Gasteiger partial charge on any atom is 0.184 e. The lowest BCUT2D eigenvalue weighted by molar-refractivity contribution is 0.511. The van der Waals surface area contributed by atoms with Crippen molar-refractivity contribution in [2.45, 2.75) is 13.0 Å². The molecular formula is C12H13ClF2N2O2S. The first kappa shape index (κ1) is 15.2. The van der Waals surface area contributed by atoms with Crippen LogP contribution in [0.2, 0.25) is 0 Å². The second-order valence-electron chi connectivity index (χ2n) is 4.48. The first-order valence-electron chi connectivity index (χ1n) is 5.90. The Morgan fingerprint density at radius 3 is 2.65 bits per heavy atom. The summed E-state index contributed by atoms with van der Waals surface area (Å²) in [5.74, 6) is -1.49. The lowest BCUT2D eigenvalue weighted by atomic mass is 10.3. The van der Waals surface area contributed by atoms with Crippen molar-refractivity contribution in [2.24, 2.45) is 0 Å². The molecule has 0 N–H and O–H groups in total. The number of hydrogen-bond acceptors (Lipinski definition) is 3. The highest BCUT2D eigenvalue weighted by Crippen LogP contribution is 2.22. The number of alkyl halides is 1.